The lowest BCUT2D eigenvalue weighted by atomic mass is 9.89. The van der Waals surface area contributed by atoms with Crippen LogP contribution >= 0.6 is 0 Å². The molecule has 1 aromatic heterocycles. The van der Waals surface area contributed by atoms with Gasteiger partial charge in [0.1, 0.15) is 0 Å². The molecule has 0 spiro atoms. The number of nitrogens with zero attached hydrogens (tertiary/aromatic N) is 2. The molecular formula is C52H36N2. The number of aromatic nitrogens is 1. The molecule has 0 amide bonds. The molecule has 0 saturated heterocycles. The highest BCUT2D eigenvalue weighted by atomic mass is 15.1. The third-order valence-electron chi connectivity index (χ3n) is 10.5. The van der Waals surface area contributed by atoms with E-state index >= 15 is 0 Å². The molecule has 0 saturated carbocycles. The van der Waals surface area contributed by atoms with Gasteiger partial charge in [0.05, 0.1) is 16.9 Å². The van der Waals surface area contributed by atoms with Crippen molar-refractivity contribution in [1.29, 1.82) is 0 Å². The number of hydrogen-bond acceptors (Lipinski definition) is 1. The number of anilines is 3. The second-order valence-corrected chi connectivity index (χ2v) is 13.7. The highest BCUT2D eigenvalue weighted by molar-refractivity contribution is 6.23. The smallest absolute Gasteiger partial charge is 0.0619 e. The minimum absolute atomic E-state index is 1.12. The molecule has 0 radical (unpaired) electrons. The average molecular weight is 689 g/mol. The molecule has 0 aliphatic carbocycles. The normalized spacial score (nSPS) is 11.3. The number of rotatable bonds is 7. The lowest BCUT2D eigenvalue weighted by Crippen LogP contribution is -2.11. The molecule has 10 aromatic rings. The monoisotopic (exact) mass is 688 g/mol. The van der Waals surface area contributed by atoms with Crippen LogP contribution < -0.4 is 4.90 Å². The summed E-state index contributed by atoms with van der Waals surface area (Å²) < 4.78 is 2.46. The molecule has 1 heterocycles. The Bertz CT molecular complexity index is 2800. The van der Waals surface area contributed by atoms with Crippen LogP contribution in [0.2, 0.25) is 0 Å². The largest absolute Gasteiger partial charge is 0.309 e. The van der Waals surface area contributed by atoms with Crippen molar-refractivity contribution in [2.75, 3.05) is 4.90 Å². The summed E-state index contributed by atoms with van der Waals surface area (Å²) in [5.41, 5.74) is 12.9. The minimum atomic E-state index is 1.12. The zero-order valence-corrected chi connectivity index (χ0v) is 29.7. The summed E-state index contributed by atoms with van der Waals surface area (Å²) in [7, 11) is 0. The zero-order chi connectivity index (χ0) is 35.8. The summed E-state index contributed by atoms with van der Waals surface area (Å²) in [6.45, 7) is 0. The Morgan fingerprint density at radius 3 is 1.30 bits per heavy atom. The maximum atomic E-state index is 2.46. The Morgan fingerprint density at radius 1 is 0.315 bits per heavy atom. The molecule has 2 nitrogen and oxygen atoms in total. The van der Waals surface area contributed by atoms with E-state index in [9.17, 15) is 0 Å². The third-order valence-corrected chi connectivity index (χ3v) is 10.5. The Balaban J connectivity index is 1.31. The zero-order valence-electron chi connectivity index (χ0n) is 29.7. The summed E-state index contributed by atoms with van der Waals surface area (Å²) in [5.74, 6) is 0. The van der Waals surface area contributed by atoms with E-state index in [2.05, 4.69) is 228 Å². The van der Waals surface area contributed by atoms with Gasteiger partial charge in [0, 0.05) is 38.8 Å². The lowest BCUT2D eigenvalue weighted by Gasteiger charge is -2.29. The summed E-state index contributed by atoms with van der Waals surface area (Å²) in [5, 5.41) is 6.05. The van der Waals surface area contributed by atoms with E-state index in [1.807, 2.05) is 0 Å². The van der Waals surface area contributed by atoms with Crippen LogP contribution in [0.3, 0.4) is 0 Å². The summed E-state index contributed by atoms with van der Waals surface area (Å²) in [4.78, 5) is 2.41. The summed E-state index contributed by atoms with van der Waals surface area (Å²) >= 11 is 0. The fourth-order valence-electron chi connectivity index (χ4n) is 8.27. The molecular weight excluding hydrogens is 653 g/mol. The number of para-hydroxylation sites is 3. The predicted molar refractivity (Wildman–Crippen MR) is 229 cm³/mol. The van der Waals surface area contributed by atoms with Crippen molar-refractivity contribution in [2.45, 2.75) is 0 Å². The Labute approximate surface area is 315 Å². The van der Waals surface area contributed by atoms with Gasteiger partial charge in [-0.3, -0.25) is 0 Å². The van der Waals surface area contributed by atoms with E-state index in [0.717, 1.165) is 17.1 Å². The fourth-order valence-corrected chi connectivity index (χ4v) is 8.27. The van der Waals surface area contributed by atoms with Crippen molar-refractivity contribution in [3.8, 4) is 39.2 Å². The van der Waals surface area contributed by atoms with E-state index < -0.39 is 0 Å². The van der Waals surface area contributed by atoms with E-state index in [0.29, 0.717) is 0 Å². The van der Waals surface area contributed by atoms with Crippen molar-refractivity contribution in [3.05, 3.63) is 218 Å². The number of hydrogen-bond donors (Lipinski definition) is 0. The van der Waals surface area contributed by atoms with Crippen LogP contribution in [0.5, 0.6) is 0 Å². The number of fused-ring (bicyclic) bond motifs is 3. The van der Waals surface area contributed by atoms with Crippen LogP contribution in [0.1, 0.15) is 0 Å². The molecule has 0 unspecified atom stereocenters. The first kappa shape index (κ1) is 31.6. The summed E-state index contributed by atoms with van der Waals surface area (Å²) in [6.07, 6.45) is 0. The highest BCUT2D eigenvalue weighted by Crippen LogP contribution is 2.49. The molecule has 0 bridgehead atoms. The van der Waals surface area contributed by atoms with Gasteiger partial charge in [-0.05, 0) is 75.5 Å². The third kappa shape index (κ3) is 5.27. The second-order valence-electron chi connectivity index (χ2n) is 13.7. The maximum absolute atomic E-state index is 2.46. The van der Waals surface area contributed by atoms with E-state index in [1.54, 1.807) is 0 Å². The van der Waals surface area contributed by atoms with E-state index in [-0.39, 0.29) is 0 Å². The Morgan fingerprint density at radius 2 is 0.759 bits per heavy atom. The quantitative estimate of drug-likeness (QED) is 0.151. The Hall–Kier alpha value is -7.16. The first-order valence-corrected chi connectivity index (χ1v) is 18.5. The van der Waals surface area contributed by atoms with Crippen molar-refractivity contribution < 1.29 is 0 Å². The van der Waals surface area contributed by atoms with Crippen LogP contribution in [0.25, 0.3) is 71.6 Å². The Kier molecular flexibility index (Phi) is 7.85. The van der Waals surface area contributed by atoms with Crippen LogP contribution in [0.15, 0.2) is 218 Å². The van der Waals surface area contributed by atoms with Crippen molar-refractivity contribution in [1.82, 2.24) is 4.57 Å². The first-order valence-electron chi connectivity index (χ1n) is 18.5. The topological polar surface area (TPSA) is 8.17 Å². The van der Waals surface area contributed by atoms with Gasteiger partial charge in [-0.1, -0.05) is 176 Å². The van der Waals surface area contributed by atoms with E-state index in [4.69, 9.17) is 0 Å². The second kappa shape index (κ2) is 13.4. The van der Waals surface area contributed by atoms with Crippen LogP contribution in [0.4, 0.5) is 17.1 Å². The van der Waals surface area contributed by atoms with Crippen molar-refractivity contribution in [3.63, 3.8) is 0 Å². The molecule has 0 atom stereocenters. The van der Waals surface area contributed by atoms with Crippen molar-refractivity contribution in [2.24, 2.45) is 0 Å². The van der Waals surface area contributed by atoms with Crippen LogP contribution in [-0.4, -0.2) is 4.57 Å². The lowest BCUT2D eigenvalue weighted by molar-refractivity contribution is 1.14. The van der Waals surface area contributed by atoms with Gasteiger partial charge in [0.15, 0.2) is 0 Å². The highest BCUT2D eigenvalue weighted by Gasteiger charge is 2.25. The average Bonchev–Trinajstić information content (AvgIpc) is 3.60. The van der Waals surface area contributed by atoms with Gasteiger partial charge in [-0.25, -0.2) is 0 Å². The van der Waals surface area contributed by atoms with Gasteiger partial charge in [0.25, 0.3) is 0 Å². The van der Waals surface area contributed by atoms with Gasteiger partial charge in [0.2, 0.25) is 0 Å². The van der Waals surface area contributed by atoms with Crippen LogP contribution in [-0.2, 0) is 0 Å². The minimum Gasteiger partial charge on any atom is -0.309 e. The molecule has 0 N–H and O–H groups in total. The van der Waals surface area contributed by atoms with Gasteiger partial charge in [-0.2, -0.15) is 0 Å². The fraction of sp³-hybridized carbons (Fsp3) is 0. The first-order chi connectivity index (χ1) is 26.8. The molecule has 254 valence electrons. The molecule has 9 aromatic carbocycles. The van der Waals surface area contributed by atoms with Crippen molar-refractivity contribution >= 4 is 49.5 Å². The molecule has 2 heteroatoms. The van der Waals surface area contributed by atoms with Crippen LogP contribution in [0, 0.1) is 0 Å². The van der Waals surface area contributed by atoms with Gasteiger partial charge >= 0.3 is 0 Å². The SMILES string of the molecule is c1ccc(-c2c(-c3ccccc3)n(-c3ccccc3)c3cc(-c4c5ccccc5c(N(c5ccccc5)c5ccccc5)c5ccccc45)ccc23)cc1. The molecule has 54 heavy (non-hydrogen) atoms. The number of benzene rings is 9. The predicted octanol–water partition coefficient (Wildman–Crippen LogP) is 14.4. The van der Waals surface area contributed by atoms with E-state index in [1.165, 1.54) is 71.6 Å². The standard InChI is InChI=1S/C52H36N2/c1-6-20-37(21-7-1)50-47-35-34-39(36-48(47)54(42-28-14-5-15-29-42)51(50)38-22-8-2-9-23-38)49-43-30-16-18-32-45(43)52(46-33-19-17-31-44(46)49)53(40-24-10-3-11-25-40)41-26-12-4-13-27-41/h1-36H. The molecule has 0 aliphatic heterocycles. The molecule has 0 aliphatic rings. The summed E-state index contributed by atoms with van der Waals surface area (Å²) in [6, 6.07) is 78.8. The van der Waals surface area contributed by atoms with Gasteiger partial charge in [-0.15, -0.1) is 0 Å². The molecule has 10 rings (SSSR count). The maximum Gasteiger partial charge on any atom is 0.0619 e. The van der Waals surface area contributed by atoms with Gasteiger partial charge < -0.3 is 9.47 Å². The molecule has 0 fully saturated rings.